The minimum absolute atomic E-state index is 0.822. The van der Waals surface area contributed by atoms with Crippen LogP contribution in [0.3, 0.4) is 0 Å². The van der Waals surface area contributed by atoms with Crippen LogP contribution >= 0.6 is 11.8 Å². The number of anilines is 1. The van der Waals surface area contributed by atoms with Gasteiger partial charge in [0, 0.05) is 15.5 Å². The molecule has 0 heterocycles. The first-order chi connectivity index (χ1) is 9.20. The molecule has 0 bridgehead atoms. The third kappa shape index (κ3) is 2.74. The minimum atomic E-state index is 0.822. The molecule has 0 aliphatic heterocycles. The van der Waals surface area contributed by atoms with E-state index >= 15 is 0 Å². The second kappa shape index (κ2) is 4.98. The molecule has 0 radical (unpaired) electrons. The lowest BCUT2D eigenvalue weighted by Gasteiger charge is -2.06. The predicted octanol–water partition coefficient (Wildman–Crippen LogP) is 4.88. The highest BCUT2D eigenvalue weighted by Crippen LogP contribution is 2.31. The molecule has 19 heavy (non-hydrogen) atoms. The molecule has 3 aromatic rings. The highest BCUT2D eigenvalue weighted by atomic mass is 32.2. The first-order valence-electron chi connectivity index (χ1n) is 6.24. The lowest BCUT2D eigenvalue weighted by molar-refractivity contribution is 1.35. The molecular weight excluding hydrogens is 250 g/mol. The Labute approximate surface area is 117 Å². The van der Waals surface area contributed by atoms with Gasteiger partial charge in [-0.3, -0.25) is 0 Å². The van der Waals surface area contributed by atoms with Crippen LogP contribution in [0.1, 0.15) is 5.56 Å². The maximum atomic E-state index is 5.89. The summed E-state index contributed by atoms with van der Waals surface area (Å²) < 4.78 is 0. The van der Waals surface area contributed by atoms with Crippen molar-refractivity contribution >= 4 is 28.2 Å². The van der Waals surface area contributed by atoms with Crippen LogP contribution in [0, 0.1) is 6.92 Å². The quantitative estimate of drug-likeness (QED) is 0.668. The van der Waals surface area contributed by atoms with Gasteiger partial charge in [0.25, 0.3) is 0 Å². The zero-order valence-corrected chi connectivity index (χ0v) is 11.6. The van der Waals surface area contributed by atoms with Crippen LogP contribution in [0.5, 0.6) is 0 Å². The van der Waals surface area contributed by atoms with E-state index in [4.69, 9.17) is 5.73 Å². The first kappa shape index (κ1) is 12.1. The maximum absolute atomic E-state index is 5.89. The highest BCUT2D eigenvalue weighted by molar-refractivity contribution is 7.99. The Balaban J connectivity index is 1.96. The van der Waals surface area contributed by atoms with Crippen molar-refractivity contribution in [2.45, 2.75) is 16.7 Å². The number of rotatable bonds is 2. The molecule has 0 spiro atoms. The second-order valence-electron chi connectivity index (χ2n) is 4.69. The summed E-state index contributed by atoms with van der Waals surface area (Å²) in [5, 5.41) is 2.55. The Morgan fingerprint density at radius 2 is 1.58 bits per heavy atom. The van der Waals surface area contributed by atoms with Gasteiger partial charge in [0.15, 0.2) is 0 Å². The third-order valence-electron chi connectivity index (χ3n) is 3.03. The first-order valence-corrected chi connectivity index (χ1v) is 7.06. The third-order valence-corrected chi connectivity index (χ3v) is 3.99. The van der Waals surface area contributed by atoms with Gasteiger partial charge in [0.05, 0.1) is 0 Å². The molecule has 1 nitrogen and oxygen atoms in total. The largest absolute Gasteiger partial charge is 0.399 e. The molecule has 0 unspecified atom stereocenters. The fourth-order valence-corrected chi connectivity index (χ4v) is 3.24. The maximum Gasteiger partial charge on any atom is 0.0328 e. The van der Waals surface area contributed by atoms with Crippen LogP contribution in [0.4, 0.5) is 5.69 Å². The monoisotopic (exact) mass is 265 g/mol. The molecule has 0 atom stereocenters. The fraction of sp³-hybridized carbons (Fsp3) is 0.0588. The van der Waals surface area contributed by atoms with E-state index < -0.39 is 0 Å². The van der Waals surface area contributed by atoms with Crippen LogP contribution in [0.2, 0.25) is 0 Å². The van der Waals surface area contributed by atoms with E-state index in [9.17, 15) is 0 Å². The zero-order valence-electron chi connectivity index (χ0n) is 10.8. The van der Waals surface area contributed by atoms with Gasteiger partial charge in [-0.05, 0) is 53.6 Å². The summed E-state index contributed by atoms with van der Waals surface area (Å²) in [6.45, 7) is 2.07. The van der Waals surface area contributed by atoms with Crippen molar-refractivity contribution in [1.29, 1.82) is 0 Å². The molecule has 3 aromatic carbocycles. The van der Waals surface area contributed by atoms with Crippen LogP contribution in [-0.2, 0) is 0 Å². The van der Waals surface area contributed by atoms with E-state index in [2.05, 4.69) is 55.5 Å². The molecule has 0 saturated carbocycles. The molecule has 0 amide bonds. The fourth-order valence-electron chi connectivity index (χ4n) is 2.20. The van der Waals surface area contributed by atoms with Crippen LogP contribution < -0.4 is 5.73 Å². The summed E-state index contributed by atoms with van der Waals surface area (Å²) in [5.74, 6) is 0. The summed E-state index contributed by atoms with van der Waals surface area (Å²) in [4.78, 5) is 2.43. The molecule has 0 aromatic heterocycles. The topological polar surface area (TPSA) is 26.0 Å². The zero-order chi connectivity index (χ0) is 13.2. The van der Waals surface area contributed by atoms with Crippen molar-refractivity contribution in [2.75, 3.05) is 5.73 Å². The van der Waals surface area contributed by atoms with Gasteiger partial charge in [-0.15, -0.1) is 0 Å². The molecule has 0 saturated heterocycles. The van der Waals surface area contributed by atoms with Gasteiger partial charge in [-0.1, -0.05) is 42.1 Å². The van der Waals surface area contributed by atoms with Gasteiger partial charge >= 0.3 is 0 Å². The summed E-state index contributed by atoms with van der Waals surface area (Å²) in [6.07, 6.45) is 0. The van der Waals surface area contributed by atoms with E-state index in [0.717, 1.165) is 5.69 Å². The van der Waals surface area contributed by atoms with Gasteiger partial charge in [0.1, 0.15) is 0 Å². The van der Waals surface area contributed by atoms with E-state index in [1.165, 1.54) is 26.1 Å². The standard InChI is InChI=1S/C17H15NS/c1-12-8-15(18)11-17(9-12)19-16-7-6-13-4-2-3-5-14(13)10-16/h2-11H,18H2,1H3. The van der Waals surface area contributed by atoms with Crippen molar-refractivity contribution in [1.82, 2.24) is 0 Å². The Kier molecular flexibility index (Phi) is 3.18. The van der Waals surface area contributed by atoms with E-state index in [0.29, 0.717) is 0 Å². The smallest absolute Gasteiger partial charge is 0.0328 e. The van der Waals surface area contributed by atoms with Crippen molar-refractivity contribution in [3.8, 4) is 0 Å². The SMILES string of the molecule is Cc1cc(N)cc(Sc2ccc3ccccc3c2)c1. The van der Waals surface area contributed by atoms with E-state index in [1.54, 1.807) is 11.8 Å². The Morgan fingerprint density at radius 3 is 2.37 bits per heavy atom. The molecular formula is C17H15NS. The second-order valence-corrected chi connectivity index (χ2v) is 5.84. The van der Waals surface area contributed by atoms with Gasteiger partial charge < -0.3 is 5.73 Å². The highest BCUT2D eigenvalue weighted by Gasteiger charge is 2.01. The van der Waals surface area contributed by atoms with Crippen LogP contribution in [0.15, 0.2) is 70.5 Å². The van der Waals surface area contributed by atoms with E-state index in [-0.39, 0.29) is 0 Å². The summed E-state index contributed by atoms with van der Waals surface area (Å²) in [6, 6.07) is 21.1. The Hall–Kier alpha value is -1.93. The number of benzene rings is 3. The summed E-state index contributed by atoms with van der Waals surface area (Å²) >= 11 is 1.75. The molecule has 94 valence electrons. The number of fused-ring (bicyclic) bond motifs is 1. The van der Waals surface area contributed by atoms with Crippen molar-refractivity contribution in [3.05, 3.63) is 66.2 Å². The number of nitrogen functional groups attached to an aromatic ring is 1. The lowest BCUT2D eigenvalue weighted by Crippen LogP contribution is -1.86. The summed E-state index contributed by atoms with van der Waals surface area (Å²) in [7, 11) is 0. The molecule has 0 aliphatic carbocycles. The molecule has 2 heteroatoms. The summed E-state index contributed by atoms with van der Waals surface area (Å²) in [5.41, 5.74) is 7.91. The average molecular weight is 265 g/mol. The Morgan fingerprint density at radius 1 is 0.789 bits per heavy atom. The molecule has 0 aliphatic rings. The van der Waals surface area contributed by atoms with E-state index in [1.807, 2.05) is 12.1 Å². The number of hydrogen-bond acceptors (Lipinski definition) is 2. The Bertz CT molecular complexity index is 714. The average Bonchev–Trinajstić information content (AvgIpc) is 2.37. The lowest BCUT2D eigenvalue weighted by atomic mass is 10.1. The number of nitrogens with two attached hydrogens (primary N) is 1. The van der Waals surface area contributed by atoms with Crippen molar-refractivity contribution < 1.29 is 0 Å². The van der Waals surface area contributed by atoms with Crippen LogP contribution in [-0.4, -0.2) is 0 Å². The minimum Gasteiger partial charge on any atom is -0.399 e. The molecule has 3 rings (SSSR count). The van der Waals surface area contributed by atoms with Crippen LogP contribution in [0.25, 0.3) is 10.8 Å². The normalized spacial score (nSPS) is 10.8. The van der Waals surface area contributed by atoms with Crippen molar-refractivity contribution in [2.24, 2.45) is 0 Å². The number of hydrogen-bond donors (Lipinski definition) is 1. The number of aryl methyl sites for hydroxylation is 1. The predicted molar refractivity (Wildman–Crippen MR) is 83.7 cm³/mol. The van der Waals surface area contributed by atoms with Gasteiger partial charge in [0.2, 0.25) is 0 Å². The van der Waals surface area contributed by atoms with Gasteiger partial charge in [-0.25, -0.2) is 0 Å². The van der Waals surface area contributed by atoms with Gasteiger partial charge in [-0.2, -0.15) is 0 Å². The molecule has 0 fully saturated rings. The van der Waals surface area contributed by atoms with Crippen molar-refractivity contribution in [3.63, 3.8) is 0 Å². The molecule has 2 N–H and O–H groups in total.